The van der Waals surface area contributed by atoms with Gasteiger partial charge in [-0.3, -0.25) is 4.79 Å². The first-order valence-corrected chi connectivity index (χ1v) is 7.42. The molecule has 0 aromatic heterocycles. The summed E-state index contributed by atoms with van der Waals surface area (Å²) in [6.07, 6.45) is 1.07. The number of para-hydroxylation sites is 2. The van der Waals surface area contributed by atoms with Crippen LogP contribution in [-0.2, 0) is 4.79 Å². The molecule has 0 radical (unpaired) electrons. The predicted molar refractivity (Wildman–Crippen MR) is 86.3 cm³/mol. The Bertz CT molecular complexity index is 596. The van der Waals surface area contributed by atoms with Crippen molar-refractivity contribution in [2.24, 2.45) is 0 Å². The zero-order valence-corrected chi connectivity index (χ0v) is 12.7. The Hall–Kier alpha value is -2.00. The highest BCUT2D eigenvalue weighted by molar-refractivity contribution is 6.18. The molecular formula is C17H18ClNO2. The molecule has 0 aliphatic carbocycles. The Morgan fingerprint density at radius 3 is 2.57 bits per heavy atom. The molecule has 1 N–H and O–H groups in total. The Labute approximate surface area is 129 Å². The fraction of sp³-hybridized carbons (Fsp3) is 0.235. The van der Waals surface area contributed by atoms with Crippen molar-refractivity contribution in [2.45, 2.75) is 19.8 Å². The van der Waals surface area contributed by atoms with Crippen LogP contribution in [0, 0.1) is 6.92 Å². The van der Waals surface area contributed by atoms with Gasteiger partial charge in [0, 0.05) is 12.3 Å². The van der Waals surface area contributed by atoms with E-state index in [2.05, 4.69) is 5.32 Å². The number of ether oxygens (including phenoxy) is 1. The summed E-state index contributed by atoms with van der Waals surface area (Å²) < 4.78 is 5.83. The van der Waals surface area contributed by atoms with Crippen molar-refractivity contribution >= 4 is 23.2 Å². The van der Waals surface area contributed by atoms with Crippen molar-refractivity contribution in [3.05, 3.63) is 54.1 Å². The van der Waals surface area contributed by atoms with Gasteiger partial charge in [0.15, 0.2) is 5.75 Å². The van der Waals surface area contributed by atoms with Crippen LogP contribution in [0.25, 0.3) is 0 Å². The van der Waals surface area contributed by atoms with Crippen LogP contribution in [0.3, 0.4) is 0 Å². The molecule has 4 heteroatoms. The van der Waals surface area contributed by atoms with Gasteiger partial charge >= 0.3 is 0 Å². The lowest BCUT2D eigenvalue weighted by molar-refractivity contribution is -0.116. The fourth-order valence-corrected chi connectivity index (χ4v) is 1.97. The average Bonchev–Trinajstić information content (AvgIpc) is 2.49. The number of carbonyl (C=O) groups excluding carboxylic acids is 1. The maximum Gasteiger partial charge on any atom is 0.224 e. The van der Waals surface area contributed by atoms with Crippen molar-refractivity contribution in [3.8, 4) is 11.5 Å². The first-order chi connectivity index (χ1) is 10.2. The van der Waals surface area contributed by atoms with E-state index >= 15 is 0 Å². The van der Waals surface area contributed by atoms with E-state index in [1.807, 2.05) is 55.5 Å². The number of rotatable bonds is 6. The highest BCUT2D eigenvalue weighted by atomic mass is 35.5. The van der Waals surface area contributed by atoms with Crippen LogP contribution in [0.2, 0.25) is 0 Å². The standard InChI is InChI=1S/C17H18ClNO2/c1-13-8-10-14(11-9-13)21-16-6-3-2-5-15(16)19-17(20)7-4-12-18/h2-3,5-6,8-11H,4,7,12H2,1H3,(H,19,20). The van der Waals surface area contributed by atoms with Gasteiger partial charge < -0.3 is 10.1 Å². The van der Waals surface area contributed by atoms with Gasteiger partial charge in [0.2, 0.25) is 5.91 Å². The molecule has 0 aliphatic rings. The van der Waals surface area contributed by atoms with Gasteiger partial charge in [-0.15, -0.1) is 11.6 Å². The van der Waals surface area contributed by atoms with Crippen LogP contribution in [0.5, 0.6) is 11.5 Å². The van der Waals surface area contributed by atoms with E-state index in [0.717, 1.165) is 5.75 Å². The second-order valence-corrected chi connectivity index (χ2v) is 5.13. The quantitative estimate of drug-likeness (QED) is 0.782. The SMILES string of the molecule is Cc1ccc(Oc2ccccc2NC(=O)CCCCl)cc1. The first kappa shape index (κ1) is 15.4. The number of amides is 1. The number of nitrogens with one attached hydrogen (secondary N) is 1. The lowest BCUT2D eigenvalue weighted by atomic mass is 10.2. The van der Waals surface area contributed by atoms with Crippen molar-refractivity contribution in [3.63, 3.8) is 0 Å². The second kappa shape index (κ2) is 7.70. The van der Waals surface area contributed by atoms with Gasteiger partial charge in [-0.05, 0) is 37.6 Å². The highest BCUT2D eigenvalue weighted by Gasteiger charge is 2.08. The number of halogens is 1. The Morgan fingerprint density at radius 1 is 1.14 bits per heavy atom. The molecule has 2 aromatic rings. The molecule has 1 amide bonds. The van der Waals surface area contributed by atoms with E-state index in [4.69, 9.17) is 16.3 Å². The lowest BCUT2D eigenvalue weighted by Crippen LogP contribution is -2.11. The zero-order valence-electron chi connectivity index (χ0n) is 11.9. The largest absolute Gasteiger partial charge is 0.455 e. The molecule has 0 aliphatic heterocycles. The van der Waals surface area contributed by atoms with Crippen LogP contribution in [0.1, 0.15) is 18.4 Å². The van der Waals surface area contributed by atoms with Gasteiger partial charge in [0.05, 0.1) is 5.69 Å². The maximum absolute atomic E-state index is 11.8. The van der Waals surface area contributed by atoms with E-state index in [0.29, 0.717) is 30.2 Å². The molecular weight excluding hydrogens is 286 g/mol. The number of aryl methyl sites for hydroxylation is 1. The minimum absolute atomic E-state index is 0.0596. The predicted octanol–water partition coefficient (Wildman–Crippen LogP) is 4.74. The number of alkyl halides is 1. The third kappa shape index (κ3) is 4.80. The van der Waals surface area contributed by atoms with Crippen molar-refractivity contribution in [1.29, 1.82) is 0 Å². The Kier molecular flexibility index (Phi) is 5.64. The van der Waals surface area contributed by atoms with Crippen LogP contribution in [-0.4, -0.2) is 11.8 Å². The van der Waals surface area contributed by atoms with E-state index in [1.165, 1.54) is 5.56 Å². The van der Waals surface area contributed by atoms with Crippen LogP contribution >= 0.6 is 11.6 Å². The topological polar surface area (TPSA) is 38.3 Å². The van der Waals surface area contributed by atoms with Crippen molar-refractivity contribution in [2.75, 3.05) is 11.2 Å². The van der Waals surface area contributed by atoms with E-state index in [9.17, 15) is 4.79 Å². The van der Waals surface area contributed by atoms with Gasteiger partial charge in [0.1, 0.15) is 5.75 Å². The van der Waals surface area contributed by atoms with Crippen molar-refractivity contribution in [1.82, 2.24) is 0 Å². The molecule has 21 heavy (non-hydrogen) atoms. The number of anilines is 1. The third-order valence-electron chi connectivity index (χ3n) is 2.95. The average molecular weight is 304 g/mol. The van der Waals surface area contributed by atoms with E-state index < -0.39 is 0 Å². The number of carbonyl (C=O) groups is 1. The third-order valence-corrected chi connectivity index (χ3v) is 3.21. The van der Waals surface area contributed by atoms with Crippen LogP contribution in [0.15, 0.2) is 48.5 Å². The molecule has 0 saturated carbocycles. The number of benzene rings is 2. The minimum atomic E-state index is -0.0596. The summed E-state index contributed by atoms with van der Waals surface area (Å²) in [5, 5.41) is 2.85. The summed E-state index contributed by atoms with van der Waals surface area (Å²) in [6, 6.07) is 15.2. The van der Waals surface area contributed by atoms with Gasteiger partial charge in [-0.2, -0.15) is 0 Å². The molecule has 0 fully saturated rings. The van der Waals surface area contributed by atoms with Crippen molar-refractivity contribution < 1.29 is 9.53 Å². The molecule has 0 spiro atoms. The van der Waals surface area contributed by atoms with E-state index in [-0.39, 0.29) is 5.91 Å². The fourth-order valence-electron chi connectivity index (χ4n) is 1.83. The van der Waals surface area contributed by atoms with Gasteiger partial charge in [-0.25, -0.2) is 0 Å². The summed E-state index contributed by atoms with van der Waals surface area (Å²) in [7, 11) is 0. The van der Waals surface area contributed by atoms with Gasteiger partial charge in [-0.1, -0.05) is 29.8 Å². The maximum atomic E-state index is 11.8. The summed E-state index contributed by atoms with van der Waals surface area (Å²) in [4.78, 5) is 11.8. The monoisotopic (exact) mass is 303 g/mol. The summed E-state index contributed by atoms with van der Waals surface area (Å²) in [6.45, 7) is 2.02. The molecule has 2 rings (SSSR count). The highest BCUT2D eigenvalue weighted by Crippen LogP contribution is 2.29. The second-order valence-electron chi connectivity index (χ2n) is 4.75. The molecule has 0 unspecified atom stereocenters. The molecule has 3 nitrogen and oxygen atoms in total. The van der Waals surface area contributed by atoms with Crippen LogP contribution < -0.4 is 10.1 Å². The molecule has 110 valence electrons. The smallest absolute Gasteiger partial charge is 0.224 e. The normalized spacial score (nSPS) is 10.2. The zero-order chi connectivity index (χ0) is 15.1. The molecule has 0 bridgehead atoms. The summed E-state index contributed by atoms with van der Waals surface area (Å²) in [5.74, 6) is 1.79. The number of hydrogen-bond donors (Lipinski definition) is 1. The Morgan fingerprint density at radius 2 is 1.86 bits per heavy atom. The minimum Gasteiger partial charge on any atom is -0.455 e. The summed E-state index contributed by atoms with van der Waals surface area (Å²) >= 11 is 5.60. The lowest BCUT2D eigenvalue weighted by Gasteiger charge is -2.12. The van der Waals surface area contributed by atoms with E-state index in [1.54, 1.807) is 0 Å². The molecule has 2 aromatic carbocycles. The molecule has 0 saturated heterocycles. The van der Waals surface area contributed by atoms with Crippen LogP contribution in [0.4, 0.5) is 5.69 Å². The molecule has 0 heterocycles. The number of hydrogen-bond acceptors (Lipinski definition) is 2. The molecule has 0 atom stereocenters. The summed E-state index contributed by atoms with van der Waals surface area (Å²) in [5.41, 5.74) is 1.84. The Balaban J connectivity index is 2.09. The van der Waals surface area contributed by atoms with Gasteiger partial charge in [0.25, 0.3) is 0 Å². The first-order valence-electron chi connectivity index (χ1n) is 6.88.